The highest BCUT2D eigenvalue weighted by atomic mass is 79.9. The molecule has 1 nitrogen and oxygen atoms in total. The Labute approximate surface area is 130 Å². The Kier molecular flexibility index (Phi) is 5.50. The zero-order chi connectivity index (χ0) is 13.9. The highest BCUT2D eigenvalue weighted by Crippen LogP contribution is 2.37. The molecule has 0 unspecified atom stereocenters. The van der Waals surface area contributed by atoms with Gasteiger partial charge in [-0.25, -0.2) is 0 Å². The summed E-state index contributed by atoms with van der Waals surface area (Å²) in [5.74, 6) is 0.916. The van der Waals surface area contributed by atoms with Crippen molar-refractivity contribution in [1.82, 2.24) is 5.32 Å². The normalized spacial score (nSPS) is 24.6. The molecule has 0 saturated heterocycles. The molecular formula is C16H26BrNS. The number of nitrogens with one attached hydrogen (secondary N) is 1. The van der Waals surface area contributed by atoms with Crippen molar-refractivity contribution in [1.29, 1.82) is 0 Å². The summed E-state index contributed by atoms with van der Waals surface area (Å²) in [6, 6.07) is 5.13. The molecule has 108 valence electrons. The molecule has 0 aromatic carbocycles. The lowest BCUT2D eigenvalue weighted by atomic mass is 9.71. The molecular weight excluding hydrogens is 318 g/mol. The zero-order valence-electron chi connectivity index (χ0n) is 12.3. The molecule has 1 aromatic heterocycles. The summed E-state index contributed by atoms with van der Waals surface area (Å²) in [7, 11) is 0. The molecule has 1 aromatic rings. The Hall–Kier alpha value is 0.140. The van der Waals surface area contributed by atoms with Crippen molar-refractivity contribution in [2.24, 2.45) is 11.3 Å². The van der Waals surface area contributed by atoms with Crippen molar-refractivity contribution in [3.05, 3.63) is 20.8 Å². The van der Waals surface area contributed by atoms with E-state index in [0.717, 1.165) is 24.9 Å². The van der Waals surface area contributed by atoms with E-state index in [2.05, 4.69) is 54.2 Å². The van der Waals surface area contributed by atoms with Gasteiger partial charge < -0.3 is 5.32 Å². The van der Waals surface area contributed by atoms with Gasteiger partial charge in [-0.1, -0.05) is 20.8 Å². The molecule has 1 aliphatic rings. The van der Waals surface area contributed by atoms with E-state index in [4.69, 9.17) is 0 Å². The standard InChI is InChI=1S/C16H26BrNS/c1-16(2,3)12-4-6-13(7-5-12)18-11-10-14-8-9-15(17)19-14/h8-9,12-13,18H,4-7,10-11H2,1-3H3. The molecule has 1 fully saturated rings. The number of thiophene rings is 1. The van der Waals surface area contributed by atoms with Crippen LogP contribution in [0.25, 0.3) is 0 Å². The van der Waals surface area contributed by atoms with E-state index in [0.29, 0.717) is 5.41 Å². The van der Waals surface area contributed by atoms with E-state index in [1.165, 1.54) is 34.3 Å². The highest BCUT2D eigenvalue weighted by molar-refractivity contribution is 9.11. The van der Waals surface area contributed by atoms with Gasteiger partial charge in [-0.15, -0.1) is 11.3 Å². The van der Waals surface area contributed by atoms with Gasteiger partial charge >= 0.3 is 0 Å². The Morgan fingerprint density at radius 1 is 1.21 bits per heavy atom. The van der Waals surface area contributed by atoms with Gasteiger partial charge in [-0.3, -0.25) is 0 Å². The number of rotatable bonds is 4. The molecule has 0 amide bonds. The third-order valence-electron chi connectivity index (χ3n) is 4.39. The second kappa shape index (κ2) is 6.73. The van der Waals surface area contributed by atoms with Gasteiger partial charge in [0.2, 0.25) is 0 Å². The second-order valence-electron chi connectivity index (χ2n) is 6.82. The van der Waals surface area contributed by atoms with E-state index in [9.17, 15) is 0 Å². The van der Waals surface area contributed by atoms with Crippen LogP contribution in [-0.4, -0.2) is 12.6 Å². The van der Waals surface area contributed by atoms with Crippen LogP contribution in [0.1, 0.15) is 51.3 Å². The summed E-state index contributed by atoms with van der Waals surface area (Å²) < 4.78 is 1.24. The number of hydrogen-bond acceptors (Lipinski definition) is 2. The quantitative estimate of drug-likeness (QED) is 0.787. The lowest BCUT2D eigenvalue weighted by Crippen LogP contribution is -2.37. The Balaban J connectivity index is 1.66. The Bertz CT molecular complexity index is 386. The number of halogens is 1. The average molecular weight is 344 g/mol. The first-order valence-electron chi connectivity index (χ1n) is 7.43. The van der Waals surface area contributed by atoms with Crippen molar-refractivity contribution in [2.45, 2.75) is 58.9 Å². The summed E-state index contributed by atoms with van der Waals surface area (Å²) >= 11 is 5.38. The molecule has 1 heterocycles. The third-order valence-corrected chi connectivity index (χ3v) is 6.07. The molecule has 0 spiro atoms. The van der Waals surface area contributed by atoms with Crippen LogP contribution < -0.4 is 5.32 Å². The fourth-order valence-electron chi connectivity index (χ4n) is 3.05. The fourth-order valence-corrected chi connectivity index (χ4v) is 4.53. The minimum Gasteiger partial charge on any atom is -0.314 e. The predicted molar refractivity (Wildman–Crippen MR) is 88.9 cm³/mol. The van der Waals surface area contributed by atoms with Crippen LogP contribution in [-0.2, 0) is 6.42 Å². The summed E-state index contributed by atoms with van der Waals surface area (Å²) in [5, 5.41) is 3.74. The van der Waals surface area contributed by atoms with E-state index in [-0.39, 0.29) is 0 Å². The maximum atomic E-state index is 3.74. The molecule has 0 atom stereocenters. The first-order chi connectivity index (χ1) is 8.95. The molecule has 1 saturated carbocycles. The van der Waals surface area contributed by atoms with Crippen molar-refractivity contribution in [2.75, 3.05) is 6.54 Å². The van der Waals surface area contributed by atoms with Crippen LogP contribution in [0.15, 0.2) is 15.9 Å². The monoisotopic (exact) mass is 343 g/mol. The van der Waals surface area contributed by atoms with Gasteiger partial charge in [0.25, 0.3) is 0 Å². The van der Waals surface area contributed by atoms with Gasteiger partial charge in [0.1, 0.15) is 0 Å². The van der Waals surface area contributed by atoms with Crippen LogP contribution in [0.3, 0.4) is 0 Å². The SMILES string of the molecule is CC(C)(C)C1CCC(NCCc2ccc(Br)s2)CC1. The molecule has 3 heteroatoms. The second-order valence-corrected chi connectivity index (χ2v) is 9.37. The number of hydrogen-bond donors (Lipinski definition) is 1. The zero-order valence-corrected chi connectivity index (χ0v) is 14.7. The van der Waals surface area contributed by atoms with Crippen LogP contribution in [0.4, 0.5) is 0 Å². The molecule has 0 bridgehead atoms. The van der Waals surface area contributed by atoms with Crippen LogP contribution in [0.2, 0.25) is 0 Å². The maximum Gasteiger partial charge on any atom is 0.0701 e. The Morgan fingerprint density at radius 2 is 1.89 bits per heavy atom. The third kappa shape index (κ3) is 4.87. The minimum atomic E-state index is 0.494. The smallest absolute Gasteiger partial charge is 0.0701 e. The van der Waals surface area contributed by atoms with E-state index in [1.807, 2.05) is 11.3 Å². The van der Waals surface area contributed by atoms with Gasteiger partial charge in [-0.05, 0) is 71.5 Å². The summed E-state index contributed by atoms with van der Waals surface area (Å²) in [4.78, 5) is 1.47. The molecule has 2 rings (SSSR count). The summed E-state index contributed by atoms with van der Waals surface area (Å²) in [5.41, 5.74) is 0.494. The average Bonchev–Trinajstić information content (AvgIpc) is 2.75. The van der Waals surface area contributed by atoms with Crippen LogP contribution >= 0.6 is 27.3 Å². The molecule has 19 heavy (non-hydrogen) atoms. The summed E-state index contributed by atoms with van der Waals surface area (Å²) in [6.07, 6.45) is 6.67. The largest absolute Gasteiger partial charge is 0.314 e. The van der Waals surface area contributed by atoms with Gasteiger partial charge in [0.05, 0.1) is 3.79 Å². The molecule has 0 radical (unpaired) electrons. The van der Waals surface area contributed by atoms with E-state index < -0.39 is 0 Å². The van der Waals surface area contributed by atoms with Crippen LogP contribution in [0, 0.1) is 11.3 Å². The van der Waals surface area contributed by atoms with Crippen molar-refractivity contribution in [3.8, 4) is 0 Å². The van der Waals surface area contributed by atoms with E-state index >= 15 is 0 Å². The highest BCUT2D eigenvalue weighted by Gasteiger charge is 2.29. The van der Waals surface area contributed by atoms with Crippen molar-refractivity contribution >= 4 is 27.3 Å². The fraction of sp³-hybridized carbons (Fsp3) is 0.750. The molecule has 1 aliphatic carbocycles. The molecule has 0 aliphatic heterocycles. The first-order valence-corrected chi connectivity index (χ1v) is 9.03. The topological polar surface area (TPSA) is 12.0 Å². The van der Waals surface area contributed by atoms with Gasteiger partial charge in [0, 0.05) is 17.5 Å². The lowest BCUT2D eigenvalue weighted by Gasteiger charge is -2.37. The predicted octanol–water partition coefficient (Wildman–Crippen LogP) is 5.25. The van der Waals surface area contributed by atoms with Gasteiger partial charge in [0.15, 0.2) is 0 Å². The van der Waals surface area contributed by atoms with Crippen LogP contribution in [0.5, 0.6) is 0 Å². The van der Waals surface area contributed by atoms with Gasteiger partial charge in [-0.2, -0.15) is 0 Å². The maximum absolute atomic E-state index is 3.74. The summed E-state index contributed by atoms with van der Waals surface area (Å²) in [6.45, 7) is 8.29. The van der Waals surface area contributed by atoms with Crippen molar-refractivity contribution in [3.63, 3.8) is 0 Å². The van der Waals surface area contributed by atoms with Crippen molar-refractivity contribution < 1.29 is 0 Å². The first kappa shape index (κ1) is 15.5. The Morgan fingerprint density at radius 3 is 2.42 bits per heavy atom. The molecule has 1 N–H and O–H groups in total. The lowest BCUT2D eigenvalue weighted by molar-refractivity contribution is 0.160. The minimum absolute atomic E-state index is 0.494. The van der Waals surface area contributed by atoms with E-state index in [1.54, 1.807) is 0 Å².